The van der Waals surface area contributed by atoms with E-state index in [9.17, 15) is 4.79 Å². The summed E-state index contributed by atoms with van der Waals surface area (Å²) in [5.74, 6) is 1.60. The van der Waals surface area contributed by atoms with Gasteiger partial charge in [0.25, 0.3) is 0 Å². The van der Waals surface area contributed by atoms with Gasteiger partial charge in [0.15, 0.2) is 0 Å². The summed E-state index contributed by atoms with van der Waals surface area (Å²) in [6, 6.07) is 24.8. The number of fused-ring (bicyclic) bond motifs is 1. The highest BCUT2D eigenvalue weighted by molar-refractivity contribution is 8.01. The molecule has 0 bridgehead atoms. The Labute approximate surface area is 204 Å². The summed E-state index contributed by atoms with van der Waals surface area (Å²) in [6.45, 7) is 6.05. The summed E-state index contributed by atoms with van der Waals surface area (Å²) >= 11 is 1.66. The van der Waals surface area contributed by atoms with E-state index < -0.39 is 0 Å². The molecule has 0 fully saturated rings. The summed E-state index contributed by atoms with van der Waals surface area (Å²) in [4.78, 5) is 12.9. The molecule has 3 aromatic carbocycles. The second kappa shape index (κ2) is 9.03. The summed E-state index contributed by atoms with van der Waals surface area (Å²) in [6.07, 6.45) is 0. The monoisotopic (exact) mass is 469 g/mol. The lowest BCUT2D eigenvalue weighted by Gasteiger charge is -2.18. The number of para-hydroxylation sites is 1. The van der Waals surface area contributed by atoms with Gasteiger partial charge in [-0.15, -0.1) is 11.8 Å². The number of hydrogen-bond acceptors (Lipinski definition) is 4. The topological polar surface area (TPSA) is 56.1 Å². The smallest absolute Gasteiger partial charge is 0.238 e. The summed E-state index contributed by atoms with van der Waals surface area (Å²) in [7, 11) is 1.67. The number of benzene rings is 3. The highest BCUT2D eigenvalue weighted by atomic mass is 32.2. The van der Waals surface area contributed by atoms with Crippen LogP contribution in [0.3, 0.4) is 0 Å². The van der Waals surface area contributed by atoms with Gasteiger partial charge in [-0.2, -0.15) is 5.10 Å². The second-order valence-electron chi connectivity index (χ2n) is 8.54. The third kappa shape index (κ3) is 3.99. The van der Waals surface area contributed by atoms with Gasteiger partial charge in [0, 0.05) is 5.56 Å². The first-order chi connectivity index (χ1) is 16.5. The van der Waals surface area contributed by atoms with Crippen LogP contribution in [0.25, 0.3) is 16.8 Å². The van der Waals surface area contributed by atoms with Gasteiger partial charge in [0.05, 0.1) is 29.0 Å². The zero-order chi connectivity index (χ0) is 23.8. The predicted octanol–water partition coefficient (Wildman–Crippen LogP) is 6.33. The van der Waals surface area contributed by atoms with Crippen molar-refractivity contribution >= 4 is 23.5 Å². The van der Waals surface area contributed by atoms with E-state index >= 15 is 0 Å². The van der Waals surface area contributed by atoms with Crippen LogP contribution in [0.15, 0.2) is 72.8 Å². The second-order valence-corrected chi connectivity index (χ2v) is 9.99. The molecule has 1 aliphatic rings. The first-order valence-corrected chi connectivity index (χ1v) is 12.3. The van der Waals surface area contributed by atoms with Crippen LogP contribution in [0, 0.1) is 13.8 Å². The number of nitrogens with zero attached hydrogens (tertiary/aromatic N) is 2. The van der Waals surface area contributed by atoms with Gasteiger partial charge < -0.3 is 10.1 Å². The van der Waals surface area contributed by atoms with Crippen molar-refractivity contribution in [3.63, 3.8) is 0 Å². The average Bonchev–Trinajstić information content (AvgIpc) is 3.10. The number of anilines is 1. The van der Waals surface area contributed by atoms with Gasteiger partial charge in [0.2, 0.25) is 5.91 Å². The molecule has 34 heavy (non-hydrogen) atoms. The van der Waals surface area contributed by atoms with Crippen LogP contribution < -0.4 is 10.1 Å². The lowest BCUT2D eigenvalue weighted by Crippen LogP contribution is -2.22. The maximum Gasteiger partial charge on any atom is 0.238 e. The molecule has 2 heterocycles. The Morgan fingerprint density at radius 3 is 2.24 bits per heavy atom. The van der Waals surface area contributed by atoms with Crippen molar-refractivity contribution in [2.75, 3.05) is 12.4 Å². The number of rotatable bonds is 4. The molecule has 0 unspecified atom stereocenters. The Balaban J connectivity index is 1.57. The van der Waals surface area contributed by atoms with Gasteiger partial charge in [-0.25, -0.2) is 4.68 Å². The van der Waals surface area contributed by atoms with Crippen molar-refractivity contribution in [1.29, 1.82) is 0 Å². The first kappa shape index (κ1) is 22.3. The third-order valence-electron chi connectivity index (χ3n) is 6.30. The number of aryl methyl sites for hydroxylation is 2. The van der Waals surface area contributed by atoms with Crippen molar-refractivity contribution in [2.24, 2.45) is 0 Å². The standard InChI is InChI=1S/C28H27N3O2S/c1-17-7-5-6-8-24(17)31-27-25(18(2)30-31)26(34-19(3)28(32)29-27)22-11-9-20(10-12-22)21-13-15-23(33-4)16-14-21/h5-16,19,26H,1-4H3,(H,29,32)/t19-,26+/m0/s1. The van der Waals surface area contributed by atoms with Gasteiger partial charge in [-0.3, -0.25) is 4.79 Å². The molecular formula is C28H27N3O2S. The highest BCUT2D eigenvalue weighted by Crippen LogP contribution is 2.46. The maximum absolute atomic E-state index is 12.9. The Kier molecular flexibility index (Phi) is 5.92. The van der Waals surface area contributed by atoms with E-state index in [0.717, 1.165) is 50.8 Å². The number of carbonyl (C=O) groups excluding carboxylic acids is 1. The number of hydrogen-bond donors (Lipinski definition) is 1. The van der Waals surface area contributed by atoms with Gasteiger partial charge >= 0.3 is 0 Å². The molecule has 1 aromatic heterocycles. The fourth-order valence-electron chi connectivity index (χ4n) is 4.38. The van der Waals surface area contributed by atoms with E-state index in [1.807, 2.05) is 48.9 Å². The van der Waals surface area contributed by atoms with Crippen LogP contribution in [0.1, 0.15) is 34.6 Å². The Hall–Kier alpha value is -3.51. The summed E-state index contributed by atoms with van der Waals surface area (Å²) in [5, 5.41) is 7.82. The number of nitrogens with one attached hydrogen (secondary N) is 1. The van der Waals surface area contributed by atoms with Crippen molar-refractivity contribution < 1.29 is 9.53 Å². The first-order valence-electron chi connectivity index (χ1n) is 11.3. The van der Waals surface area contributed by atoms with E-state index in [0.29, 0.717) is 0 Å². The molecule has 0 radical (unpaired) electrons. The molecule has 0 aliphatic carbocycles. The molecule has 6 heteroatoms. The molecule has 2 atom stereocenters. The Morgan fingerprint density at radius 2 is 1.59 bits per heavy atom. The van der Waals surface area contributed by atoms with Crippen LogP contribution in [0.5, 0.6) is 5.75 Å². The van der Waals surface area contributed by atoms with E-state index in [1.54, 1.807) is 18.9 Å². The molecule has 4 aromatic rings. The van der Waals surface area contributed by atoms with Crippen LogP contribution >= 0.6 is 11.8 Å². The number of aromatic nitrogens is 2. The normalized spacial score (nSPS) is 17.6. The number of methoxy groups -OCH3 is 1. The molecule has 5 rings (SSSR count). The zero-order valence-corrected chi connectivity index (χ0v) is 20.5. The number of thioether (sulfide) groups is 1. The predicted molar refractivity (Wildman–Crippen MR) is 139 cm³/mol. The van der Waals surface area contributed by atoms with Crippen molar-refractivity contribution in [3.8, 4) is 22.6 Å². The van der Waals surface area contributed by atoms with Crippen LogP contribution in [0.4, 0.5) is 5.82 Å². The largest absolute Gasteiger partial charge is 0.497 e. The van der Waals surface area contributed by atoms with Gasteiger partial charge in [-0.05, 0) is 61.2 Å². The average molecular weight is 470 g/mol. The zero-order valence-electron chi connectivity index (χ0n) is 19.7. The molecule has 1 aliphatic heterocycles. The maximum atomic E-state index is 12.9. The molecule has 1 N–H and O–H groups in total. The minimum Gasteiger partial charge on any atom is -0.497 e. The van der Waals surface area contributed by atoms with Crippen molar-refractivity contribution in [2.45, 2.75) is 31.3 Å². The lowest BCUT2D eigenvalue weighted by molar-refractivity contribution is -0.115. The highest BCUT2D eigenvalue weighted by Gasteiger charge is 2.34. The molecule has 0 spiro atoms. The Bertz CT molecular complexity index is 1340. The lowest BCUT2D eigenvalue weighted by atomic mass is 9.99. The Morgan fingerprint density at radius 1 is 0.941 bits per heavy atom. The quantitative estimate of drug-likeness (QED) is 0.380. The molecule has 0 saturated heterocycles. The molecule has 0 saturated carbocycles. The number of carbonyl (C=O) groups is 1. The fourth-order valence-corrected chi connectivity index (χ4v) is 5.70. The van der Waals surface area contributed by atoms with Gasteiger partial charge in [0.1, 0.15) is 11.6 Å². The SMILES string of the molecule is COc1ccc(-c2ccc([C@H]3S[C@@H](C)C(=O)Nc4c3c(C)nn4-c3ccccc3C)cc2)cc1. The van der Waals surface area contributed by atoms with E-state index in [4.69, 9.17) is 9.84 Å². The van der Waals surface area contributed by atoms with E-state index in [2.05, 4.69) is 54.7 Å². The van der Waals surface area contributed by atoms with Crippen LogP contribution in [0.2, 0.25) is 0 Å². The van der Waals surface area contributed by atoms with Gasteiger partial charge in [-0.1, -0.05) is 54.6 Å². The molecule has 172 valence electrons. The van der Waals surface area contributed by atoms with E-state index in [-0.39, 0.29) is 16.4 Å². The summed E-state index contributed by atoms with van der Waals surface area (Å²) < 4.78 is 7.16. The molecular weight excluding hydrogens is 442 g/mol. The third-order valence-corrected chi connectivity index (χ3v) is 7.70. The minimum atomic E-state index is -0.191. The number of ether oxygens (including phenoxy) is 1. The van der Waals surface area contributed by atoms with Crippen LogP contribution in [-0.4, -0.2) is 28.0 Å². The number of amides is 1. The summed E-state index contributed by atoms with van der Waals surface area (Å²) in [5.41, 5.74) is 7.48. The van der Waals surface area contributed by atoms with E-state index in [1.165, 1.54) is 0 Å². The minimum absolute atomic E-state index is 0.00154. The van der Waals surface area contributed by atoms with Crippen LogP contribution in [-0.2, 0) is 4.79 Å². The fraction of sp³-hybridized carbons (Fsp3) is 0.214. The van der Waals surface area contributed by atoms with Crippen molar-refractivity contribution in [3.05, 3.63) is 95.2 Å². The molecule has 5 nitrogen and oxygen atoms in total. The van der Waals surface area contributed by atoms with Crippen molar-refractivity contribution in [1.82, 2.24) is 9.78 Å². The molecule has 1 amide bonds.